The largest absolute Gasteiger partial charge is 0.493 e. The van der Waals surface area contributed by atoms with Gasteiger partial charge >= 0.3 is 6.18 Å². The summed E-state index contributed by atoms with van der Waals surface area (Å²) in [7, 11) is 0. The number of hydrogen-bond acceptors (Lipinski definition) is 1. The lowest BCUT2D eigenvalue weighted by Crippen LogP contribution is -2.16. The maximum atomic E-state index is 12.3. The molecular weight excluding hydrogens is 231 g/mol. The molecule has 0 bridgehead atoms. The van der Waals surface area contributed by atoms with Crippen LogP contribution in [0.25, 0.3) is 10.9 Å². The van der Waals surface area contributed by atoms with Gasteiger partial charge in [-0.05, 0) is 25.1 Å². The Kier molecular flexibility index (Phi) is 3.00. The normalized spacial score (nSPS) is 12.0. The Morgan fingerprint density at radius 2 is 2.00 bits per heavy atom. The highest BCUT2D eigenvalue weighted by atomic mass is 19.4. The summed E-state index contributed by atoms with van der Waals surface area (Å²) >= 11 is 0. The first kappa shape index (κ1) is 11.8. The number of nitrogens with zero attached hydrogens (tertiary/aromatic N) is 1. The van der Waals surface area contributed by atoms with E-state index in [1.54, 1.807) is 24.3 Å². The Morgan fingerprint density at radius 1 is 1.24 bits per heavy atom. The molecule has 92 valence electrons. The average Bonchev–Trinajstić information content (AvgIpc) is 2.61. The second-order valence-corrected chi connectivity index (χ2v) is 3.68. The van der Waals surface area contributed by atoms with E-state index in [0.29, 0.717) is 23.3 Å². The number of fused-ring (bicyclic) bond motifs is 1. The fourth-order valence-electron chi connectivity index (χ4n) is 1.81. The molecule has 0 saturated heterocycles. The zero-order valence-corrected chi connectivity index (χ0v) is 9.29. The number of ether oxygens (including phenoxy) is 1. The Hall–Kier alpha value is -1.65. The molecule has 0 amide bonds. The third-order valence-electron chi connectivity index (χ3n) is 2.42. The van der Waals surface area contributed by atoms with Gasteiger partial charge in [-0.3, -0.25) is 0 Å². The van der Waals surface area contributed by atoms with E-state index in [9.17, 15) is 13.2 Å². The van der Waals surface area contributed by atoms with Crippen molar-refractivity contribution in [2.24, 2.45) is 0 Å². The van der Waals surface area contributed by atoms with E-state index < -0.39 is 12.7 Å². The van der Waals surface area contributed by atoms with Gasteiger partial charge in [-0.15, -0.1) is 0 Å². The van der Waals surface area contributed by atoms with Gasteiger partial charge in [-0.1, -0.05) is 6.07 Å². The Labute approximate surface area is 96.6 Å². The molecular formula is C12H12F3NO. The van der Waals surface area contributed by atoms with E-state index in [1.165, 1.54) is 10.8 Å². The molecule has 0 atom stereocenters. The van der Waals surface area contributed by atoms with Crippen molar-refractivity contribution in [2.45, 2.75) is 19.6 Å². The van der Waals surface area contributed by atoms with Crippen molar-refractivity contribution < 1.29 is 17.9 Å². The van der Waals surface area contributed by atoms with Crippen molar-refractivity contribution in [1.82, 2.24) is 4.57 Å². The van der Waals surface area contributed by atoms with Crippen LogP contribution in [0.5, 0.6) is 5.75 Å². The van der Waals surface area contributed by atoms with Gasteiger partial charge in [-0.25, -0.2) is 0 Å². The summed E-state index contributed by atoms with van der Waals surface area (Å²) in [5.74, 6) is 0.617. The number of alkyl halides is 3. The SMILES string of the molecule is CCOc1cccc2c1ccn2CC(F)(F)F. The highest BCUT2D eigenvalue weighted by Gasteiger charge is 2.28. The molecule has 2 nitrogen and oxygen atoms in total. The smallest absolute Gasteiger partial charge is 0.406 e. The van der Waals surface area contributed by atoms with Gasteiger partial charge in [0.15, 0.2) is 0 Å². The molecule has 1 aromatic heterocycles. The molecule has 0 aliphatic rings. The minimum Gasteiger partial charge on any atom is -0.493 e. The Morgan fingerprint density at radius 3 is 2.65 bits per heavy atom. The van der Waals surface area contributed by atoms with Crippen molar-refractivity contribution in [1.29, 1.82) is 0 Å². The van der Waals surface area contributed by atoms with Gasteiger partial charge < -0.3 is 9.30 Å². The van der Waals surface area contributed by atoms with Crippen molar-refractivity contribution in [3.63, 3.8) is 0 Å². The van der Waals surface area contributed by atoms with E-state index in [-0.39, 0.29) is 0 Å². The van der Waals surface area contributed by atoms with Gasteiger partial charge in [0.25, 0.3) is 0 Å². The van der Waals surface area contributed by atoms with Crippen molar-refractivity contribution in [3.8, 4) is 5.75 Å². The maximum absolute atomic E-state index is 12.3. The molecule has 0 aliphatic heterocycles. The first-order chi connectivity index (χ1) is 8.01. The molecule has 5 heteroatoms. The first-order valence-electron chi connectivity index (χ1n) is 5.28. The molecule has 0 aliphatic carbocycles. The van der Waals surface area contributed by atoms with Crippen molar-refractivity contribution in [2.75, 3.05) is 6.61 Å². The lowest BCUT2D eigenvalue weighted by atomic mass is 10.2. The summed E-state index contributed by atoms with van der Waals surface area (Å²) in [6.45, 7) is 1.35. The lowest BCUT2D eigenvalue weighted by molar-refractivity contribution is -0.139. The molecule has 17 heavy (non-hydrogen) atoms. The number of halogens is 3. The van der Waals surface area contributed by atoms with E-state index in [0.717, 1.165) is 0 Å². The van der Waals surface area contributed by atoms with Crippen LogP contribution in [0, 0.1) is 0 Å². The zero-order chi connectivity index (χ0) is 12.5. The fourth-order valence-corrected chi connectivity index (χ4v) is 1.81. The number of rotatable bonds is 3. The van der Waals surface area contributed by atoms with Crippen LogP contribution in [0.3, 0.4) is 0 Å². The van der Waals surface area contributed by atoms with Crippen LogP contribution in [-0.4, -0.2) is 17.4 Å². The van der Waals surface area contributed by atoms with Crippen LogP contribution in [0.4, 0.5) is 13.2 Å². The lowest BCUT2D eigenvalue weighted by Gasteiger charge is -2.10. The molecule has 0 radical (unpaired) electrons. The molecule has 0 unspecified atom stereocenters. The highest BCUT2D eigenvalue weighted by molar-refractivity contribution is 5.86. The van der Waals surface area contributed by atoms with Crippen LogP contribution in [0.2, 0.25) is 0 Å². The Balaban J connectivity index is 2.44. The third-order valence-corrected chi connectivity index (χ3v) is 2.42. The van der Waals surface area contributed by atoms with E-state index in [1.807, 2.05) is 6.92 Å². The van der Waals surface area contributed by atoms with Crippen molar-refractivity contribution in [3.05, 3.63) is 30.5 Å². The molecule has 0 N–H and O–H groups in total. The van der Waals surface area contributed by atoms with Crippen LogP contribution in [0.15, 0.2) is 30.5 Å². The first-order valence-corrected chi connectivity index (χ1v) is 5.28. The van der Waals surface area contributed by atoms with Crippen LogP contribution in [-0.2, 0) is 6.54 Å². The fraction of sp³-hybridized carbons (Fsp3) is 0.333. The predicted molar refractivity (Wildman–Crippen MR) is 59.2 cm³/mol. The summed E-state index contributed by atoms with van der Waals surface area (Å²) in [4.78, 5) is 0. The van der Waals surface area contributed by atoms with Gasteiger partial charge in [-0.2, -0.15) is 13.2 Å². The van der Waals surface area contributed by atoms with E-state index in [4.69, 9.17) is 4.74 Å². The second-order valence-electron chi connectivity index (χ2n) is 3.68. The topological polar surface area (TPSA) is 14.2 Å². The summed E-state index contributed by atoms with van der Waals surface area (Å²) in [6.07, 6.45) is -2.78. The van der Waals surface area contributed by atoms with Gasteiger partial charge in [0, 0.05) is 11.6 Å². The summed E-state index contributed by atoms with van der Waals surface area (Å²) in [5.41, 5.74) is 0.535. The molecule has 0 fully saturated rings. The van der Waals surface area contributed by atoms with Gasteiger partial charge in [0.05, 0.1) is 12.1 Å². The number of benzene rings is 1. The Bertz CT molecular complexity index is 516. The number of hydrogen-bond donors (Lipinski definition) is 0. The van der Waals surface area contributed by atoms with Gasteiger partial charge in [0.1, 0.15) is 12.3 Å². The summed E-state index contributed by atoms with van der Waals surface area (Å²) in [5, 5.41) is 0.707. The van der Waals surface area contributed by atoms with Crippen LogP contribution in [0.1, 0.15) is 6.92 Å². The predicted octanol–water partition coefficient (Wildman–Crippen LogP) is 3.60. The average molecular weight is 243 g/mol. The maximum Gasteiger partial charge on any atom is 0.406 e. The monoisotopic (exact) mass is 243 g/mol. The zero-order valence-electron chi connectivity index (χ0n) is 9.29. The molecule has 0 saturated carbocycles. The summed E-state index contributed by atoms with van der Waals surface area (Å²) in [6, 6.07) is 6.75. The second kappa shape index (κ2) is 4.31. The molecule has 2 rings (SSSR count). The van der Waals surface area contributed by atoms with Crippen molar-refractivity contribution >= 4 is 10.9 Å². The molecule has 1 aromatic carbocycles. The molecule has 1 heterocycles. The van der Waals surface area contributed by atoms with E-state index >= 15 is 0 Å². The molecule has 2 aromatic rings. The van der Waals surface area contributed by atoms with Crippen LogP contribution >= 0.6 is 0 Å². The third kappa shape index (κ3) is 2.54. The summed E-state index contributed by atoms with van der Waals surface area (Å²) < 4.78 is 43.6. The highest BCUT2D eigenvalue weighted by Crippen LogP contribution is 2.28. The molecule has 0 spiro atoms. The standard InChI is InChI=1S/C12H12F3NO/c1-2-17-11-5-3-4-10-9(11)6-7-16(10)8-12(13,14)15/h3-7H,2,8H2,1H3. The quantitative estimate of drug-likeness (QED) is 0.803. The van der Waals surface area contributed by atoms with Gasteiger partial charge in [0.2, 0.25) is 0 Å². The van der Waals surface area contributed by atoms with Crippen LogP contribution < -0.4 is 4.74 Å². The minimum atomic E-state index is -4.21. The minimum absolute atomic E-state index is 0.490. The van der Waals surface area contributed by atoms with E-state index in [2.05, 4.69) is 0 Å². The number of aromatic nitrogens is 1.